The van der Waals surface area contributed by atoms with Crippen molar-refractivity contribution in [1.82, 2.24) is 13.9 Å². The average Bonchev–Trinajstić information content (AvgIpc) is 2.49. The minimum absolute atomic E-state index is 0.0473. The van der Waals surface area contributed by atoms with E-state index in [1.165, 1.54) is 4.31 Å². The van der Waals surface area contributed by atoms with Crippen LogP contribution in [0.25, 0.3) is 0 Å². The fraction of sp³-hybridized carbons (Fsp3) is 1.00. The van der Waals surface area contributed by atoms with Gasteiger partial charge in [-0.2, -0.15) is 17.0 Å². The van der Waals surface area contributed by atoms with E-state index in [-0.39, 0.29) is 12.1 Å². The molecule has 7 heteroatoms. The van der Waals surface area contributed by atoms with Gasteiger partial charge < -0.3 is 10.1 Å². The molecule has 2 fully saturated rings. The summed E-state index contributed by atoms with van der Waals surface area (Å²) in [5, 5.41) is 3.11. The molecule has 0 saturated carbocycles. The van der Waals surface area contributed by atoms with Crippen LogP contribution in [0, 0.1) is 0 Å². The molecule has 0 aromatic heterocycles. The third-order valence-corrected chi connectivity index (χ3v) is 6.45. The van der Waals surface area contributed by atoms with Gasteiger partial charge >= 0.3 is 0 Å². The molecule has 2 atom stereocenters. The highest BCUT2D eigenvalue weighted by atomic mass is 32.2. The van der Waals surface area contributed by atoms with Crippen molar-refractivity contribution >= 4 is 10.2 Å². The monoisotopic (exact) mass is 319 g/mol. The van der Waals surface area contributed by atoms with Gasteiger partial charge in [-0.15, -0.1) is 0 Å². The Labute approximate surface area is 129 Å². The van der Waals surface area contributed by atoms with Gasteiger partial charge in [0.1, 0.15) is 0 Å². The van der Waals surface area contributed by atoms with E-state index in [2.05, 4.69) is 5.32 Å². The van der Waals surface area contributed by atoms with Gasteiger partial charge in [0, 0.05) is 39.3 Å². The highest BCUT2D eigenvalue weighted by molar-refractivity contribution is 7.86. The first-order valence-corrected chi connectivity index (χ1v) is 9.44. The lowest BCUT2D eigenvalue weighted by Crippen LogP contribution is -2.53. The van der Waals surface area contributed by atoms with Crippen molar-refractivity contribution in [3.63, 3.8) is 0 Å². The number of piperidine rings is 1. The molecule has 2 rings (SSSR count). The Balaban J connectivity index is 2.00. The Morgan fingerprint density at radius 3 is 2.67 bits per heavy atom. The lowest BCUT2D eigenvalue weighted by Gasteiger charge is -2.38. The first kappa shape index (κ1) is 17.1. The SMILES string of the molecule is CNCC1CCCCN1S(=O)(=O)N(C)CC1CCCCO1. The molecule has 0 aromatic carbocycles. The number of ether oxygens (including phenoxy) is 1. The second-order valence-electron chi connectivity index (χ2n) is 6.09. The van der Waals surface area contributed by atoms with Crippen LogP contribution in [0.3, 0.4) is 0 Å². The zero-order valence-electron chi connectivity index (χ0n) is 13.3. The molecule has 0 radical (unpaired) electrons. The molecule has 2 heterocycles. The summed E-state index contributed by atoms with van der Waals surface area (Å²) in [5.41, 5.74) is 0. The van der Waals surface area contributed by atoms with Crippen LogP contribution in [0.5, 0.6) is 0 Å². The maximum absolute atomic E-state index is 12.8. The van der Waals surface area contributed by atoms with Crippen LogP contribution in [0.2, 0.25) is 0 Å². The van der Waals surface area contributed by atoms with E-state index in [1.807, 2.05) is 7.05 Å². The second-order valence-corrected chi connectivity index (χ2v) is 8.08. The molecule has 0 spiro atoms. The normalized spacial score (nSPS) is 28.9. The smallest absolute Gasteiger partial charge is 0.282 e. The summed E-state index contributed by atoms with van der Waals surface area (Å²) in [6, 6.07) is 0.0727. The highest BCUT2D eigenvalue weighted by Crippen LogP contribution is 2.23. The first-order chi connectivity index (χ1) is 10.1. The lowest BCUT2D eigenvalue weighted by atomic mass is 10.1. The van der Waals surface area contributed by atoms with Crippen LogP contribution >= 0.6 is 0 Å². The van der Waals surface area contributed by atoms with Crippen molar-refractivity contribution in [3.05, 3.63) is 0 Å². The number of likely N-dealkylation sites (N-methyl/N-ethyl adjacent to an activating group) is 2. The molecule has 2 aliphatic heterocycles. The van der Waals surface area contributed by atoms with Crippen molar-refractivity contribution in [3.8, 4) is 0 Å². The van der Waals surface area contributed by atoms with E-state index < -0.39 is 10.2 Å². The zero-order chi connectivity index (χ0) is 15.3. The highest BCUT2D eigenvalue weighted by Gasteiger charge is 2.35. The van der Waals surface area contributed by atoms with E-state index in [9.17, 15) is 8.42 Å². The van der Waals surface area contributed by atoms with Crippen LogP contribution in [0.4, 0.5) is 0 Å². The Morgan fingerprint density at radius 2 is 2.00 bits per heavy atom. The molecule has 0 aromatic rings. The molecule has 2 aliphatic rings. The minimum atomic E-state index is -3.39. The average molecular weight is 319 g/mol. The summed E-state index contributed by atoms with van der Waals surface area (Å²) in [6.45, 7) is 2.56. The van der Waals surface area contributed by atoms with Gasteiger partial charge in [-0.25, -0.2) is 0 Å². The van der Waals surface area contributed by atoms with Crippen molar-refractivity contribution in [2.75, 3.05) is 40.3 Å². The zero-order valence-corrected chi connectivity index (χ0v) is 14.1. The standard InChI is InChI=1S/C14H29N3O3S/c1-15-11-13-7-3-5-9-17(13)21(18,19)16(2)12-14-8-4-6-10-20-14/h13-15H,3-12H2,1-2H3. The molecular formula is C14H29N3O3S. The van der Waals surface area contributed by atoms with Crippen molar-refractivity contribution in [2.45, 2.75) is 50.7 Å². The van der Waals surface area contributed by atoms with Gasteiger partial charge in [-0.1, -0.05) is 6.42 Å². The number of hydrogen-bond donors (Lipinski definition) is 1. The van der Waals surface area contributed by atoms with Crippen molar-refractivity contribution < 1.29 is 13.2 Å². The lowest BCUT2D eigenvalue weighted by molar-refractivity contribution is 0.00765. The van der Waals surface area contributed by atoms with E-state index >= 15 is 0 Å². The predicted molar refractivity (Wildman–Crippen MR) is 83.4 cm³/mol. The summed E-state index contributed by atoms with van der Waals surface area (Å²) in [7, 11) is 0.167. The molecule has 1 N–H and O–H groups in total. The Hall–Kier alpha value is -0.210. The molecule has 124 valence electrons. The van der Waals surface area contributed by atoms with Gasteiger partial charge in [-0.05, 0) is 39.2 Å². The Kier molecular flexibility index (Phi) is 6.43. The molecule has 2 saturated heterocycles. The fourth-order valence-electron chi connectivity index (χ4n) is 3.23. The van der Waals surface area contributed by atoms with E-state index in [1.54, 1.807) is 11.4 Å². The van der Waals surface area contributed by atoms with Crippen LogP contribution < -0.4 is 5.32 Å². The third kappa shape index (κ3) is 4.39. The van der Waals surface area contributed by atoms with E-state index in [0.29, 0.717) is 19.6 Å². The molecular weight excluding hydrogens is 290 g/mol. The molecule has 0 aliphatic carbocycles. The van der Waals surface area contributed by atoms with Gasteiger partial charge in [-0.3, -0.25) is 0 Å². The number of nitrogens with one attached hydrogen (secondary N) is 1. The second kappa shape index (κ2) is 7.87. The molecule has 0 amide bonds. The first-order valence-electron chi connectivity index (χ1n) is 8.05. The number of rotatable bonds is 6. The molecule has 2 unspecified atom stereocenters. The van der Waals surface area contributed by atoms with Gasteiger partial charge in [0.25, 0.3) is 10.2 Å². The van der Waals surface area contributed by atoms with Crippen LogP contribution in [-0.4, -0.2) is 69.5 Å². The number of nitrogens with zero attached hydrogens (tertiary/aromatic N) is 2. The van der Waals surface area contributed by atoms with E-state index in [0.717, 1.165) is 45.1 Å². The molecule has 6 nitrogen and oxygen atoms in total. The summed E-state index contributed by atoms with van der Waals surface area (Å²) < 4.78 is 34.5. The van der Waals surface area contributed by atoms with Crippen LogP contribution in [0.15, 0.2) is 0 Å². The topological polar surface area (TPSA) is 61.9 Å². The molecule has 21 heavy (non-hydrogen) atoms. The summed E-state index contributed by atoms with van der Waals surface area (Å²) in [5.74, 6) is 0. The van der Waals surface area contributed by atoms with Crippen molar-refractivity contribution in [1.29, 1.82) is 0 Å². The quantitative estimate of drug-likeness (QED) is 0.787. The summed E-state index contributed by atoms with van der Waals surface area (Å²) in [6.07, 6.45) is 6.22. The van der Waals surface area contributed by atoms with Crippen molar-refractivity contribution in [2.24, 2.45) is 0 Å². The number of hydrogen-bond acceptors (Lipinski definition) is 4. The summed E-state index contributed by atoms with van der Waals surface area (Å²) in [4.78, 5) is 0. The van der Waals surface area contributed by atoms with E-state index in [4.69, 9.17) is 4.74 Å². The predicted octanol–water partition coefficient (Wildman–Crippen LogP) is 0.806. The Bertz CT molecular complexity index is 408. The molecule has 0 bridgehead atoms. The Morgan fingerprint density at radius 1 is 1.24 bits per heavy atom. The summed E-state index contributed by atoms with van der Waals surface area (Å²) >= 11 is 0. The van der Waals surface area contributed by atoms with Crippen LogP contribution in [0.1, 0.15) is 38.5 Å². The third-order valence-electron chi connectivity index (χ3n) is 4.44. The van der Waals surface area contributed by atoms with Gasteiger partial charge in [0.2, 0.25) is 0 Å². The maximum Gasteiger partial charge on any atom is 0.282 e. The van der Waals surface area contributed by atoms with Gasteiger partial charge in [0.05, 0.1) is 6.10 Å². The maximum atomic E-state index is 12.8. The minimum Gasteiger partial charge on any atom is -0.377 e. The fourth-order valence-corrected chi connectivity index (χ4v) is 4.86. The van der Waals surface area contributed by atoms with Crippen LogP contribution in [-0.2, 0) is 14.9 Å². The van der Waals surface area contributed by atoms with Gasteiger partial charge in [0.15, 0.2) is 0 Å². The largest absolute Gasteiger partial charge is 0.377 e.